The smallest absolute Gasteiger partial charge is 0.411 e. The highest BCUT2D eigenvalue weighted by molar-refractivity contribution is 8.13. The molecule has 0 aliphatic carbocycles. The number of carbonyl (C=O) groups excluding carboxylic acids is 1. The van der Waals surface area contributed by atoms with Crippen molar-refractivity contribution in [2.45, 2.75) is 25.2 Å². The van der Waals surface area contributed by atoms with Gasteiger partial charge < -0.3 is 4.74 Å². The minimum absolute atomic E-state index is 0.00965. The summed E-state index contributed by atoms with van der Waals surface area (Å²) in [6, 6.07) is 4.26. The van der Waals surface area contributed by atoms with Crippen LogP contribution in [0.4, 0.5) is 10.5 Å². The minimum atomic E-state index is -3.76. The summed E-state index contributed by atoms with van der Waals surface area (Å²) in [5.41, 5.74) is 1.18. The Morgan fingerprint density at radius 2 is 2.06 bits per heavy atom. The van der Waals surface area contributed by atoms with Gasteiger partial charge in [-0.05, 0) is 37.1 Å². The second kappa shape index (κ2) is 6.06. The average molecular weight is 292 g/mol. The third-order valence-corrected chi connectivity index (χ3v) is 3.60. The van der Waals surface area contributed by atoms with E-state index in [0.717, 1.165) is 0 Å². The quantitative estimate of drug-likeness (QED) is 0.866. The molecular weight excluding hydrogens is 278 g/mol. The van der Waals surface area contributed by atoms with Crippen LogP contribution in [0.3, 0.4) is 0 Å². The molecule has 0 saturated heterocycles. The van der Waals surface area contributed by atoms with E-state index in [2.05, 4.69) is 5.32 Å². The van der Waals surface area contributed by atoms with E-state index in [-0.39, 0.29) is 11.5 Å². The Morgan fingerprint density at radius 3 is 2.56 bits per heavy atom. The maximum atomic E-state index is 11.3. The first-order valence-corrected chi connectivity index (χ1v) is 7.70. The Labute approximate surface area is 111 Å². The molecule has 1 aromatic carbocycles. The number of hydrogen-bond donors (Lipinski definition) is 1. The lowest BCUT2D eigenvalue weighted by molar-refractivity contribution is 0.168. The monoisotopic (exact) mass is 291 g/mol. The molecule has 7 heteroatoms. The molecule has 1 N–H and O–H groups in total. The van der Waals surface area contributed by atoms with Crippen LogP contribution in [0.5, 0.6) is 0 Å². The number of aryl methyl sites for hydroxylation is 1. The van der Waals surface area contributed by atoms with Crippen LogP contribution in [0, 0.1) is 0 Å². The van der Waals surface area contributed by atoms with Gasteiger partial charge in [0, 0.05) is 16.4 Å². The third kappa shape index (κ3) is 3.89. The molecule has 0 bridgehead atoms. The summed E-state index contributed by atoms with van der Waals surface area (Å²) in [7, 11) is 1.49. The molecule has 0 radical (unpaired) electrons. The lowest BCUT2D eigenvalue weighted by Gasteiger charge is -2.10. The van der Waals surface area contributed by atoms with E-state index >= 15 is 0 Å². The zero-order chi connectivity index (χ0) is 13.8. The predicted octanol–water partition coefficient (Wildman–Crippen LogP) is 2.74. The summed E-state index contributed by atoms with van der Waals surface area (Å²) in [5, 5.41) is 2.54. The van der Waals surface area contributed by atoms with Gasteiger partial charge in [-0.25, -0.2) is 13.2 Å². The number of rotatable bonds is 4. The van der Waals surface area contributed by atoms with Crippen molar-refractivity contribution in [3.05, 3.63) is 23.8 Å². The van der Waals surface area contributed by atoms with E-state index < -0.39 is 15.1 Å². The Hall–Kier alpha value is -1.27. The van der Waals surface area contributed by atoms with Gasteiger partial charge in [0.05, 0.1) is 11.5 Å². The molecule has 5 nitrogen and oxygen atoms in total. The fourth-order valence-electron chi connectivity index (χ4n) is 1.41. The Kier molecular flexibility index (Phi) is 4.98. The topological polar surface area (TPSA) is 72.5 Å². The zero-order valence-corrected chi connectivity index (χ0v) is 11.6. The molecule has 1 rings (SSSR count). The average Bonchev–Trinajstić information content (AvgIpc) is 2.28. The Balaban J connectivity index is 3.05. The largest absolute Gasteiger partial charge is 0.450 e. The van der Waals surface area contributed by atoms with Crippen molar-refractivity contribution >= 4 is 31.5 Å². The van der Waals surface area contributed by atoms with Gasteiger partial charge in [-0.2, -0.15) is 0 Å². The molecule has 0 heterocycles. The van der Waals surface area contributed by atoms with Crippen molar-refractivity contribution in [3.8, 4) is 0 Å². The van der Waals surface area contributed by atoms with Gasteiger partial charge in [-0.3, -0.25) is 5.32 Å². The maximum absolute atomic E-state index is 11.3. The third-order valence-electron chi connectivity index (χ3n) is 2.25. The number of hydrogen-bond acceptors (Lipinski definition) is 4. The first kappa shape index (κ1) is 14.8. The molecule has 0 aliphatic heterocycles. The molecule has 1 amide bonds. The number of carbonyl (C=O) groups is 1. The summed E-state index contributed by atoms with van der Waals surface area (Å²) in [6.45, 7) is 3.81. The molecule has 0 spiro atoms. The molecule has 0 saturated carbocycles. The Bertz CT molecular complexity index is 542. The molecule has 0 unspecified atom stereocenters. The van der Waals surface area contributed by atoms with Crippen molar-refractivity contribution < 1.29 is 17.9 Å². The summed E-state index contributed by atoms with van der Waals surface area (Å²) in [5.74, 6) is 0. The molecule has 0 aromatic heterocycles. The van der Waals surface area contributed by atoms with Crippen LogP contribution >= 0.6 is 10.7 Å². The summed E-state index contributed by atoms with van der Waals surface area (Å²) >= 11 is 0. The number of ether oxygens (including phenoxy) is 1. The lowest BCUT2D eigenvalue weighted by Crippen LogP contribution is -2.14. The molecular formula is C11H14ClNO4S. The van der Waals surface area contributed by atoms with E-state index in [1.807, 2.05) is 6.92 Å². The SMILES string of the molecule is CCOC(=O)Nc1ccc(S(=O)(=O)Cl)cc1CC. The summed E-state index contributed by atoms with van der Waals surface area (Å²) in [6.07, 6.45) is -0.0178. The molecule has 1 aromatic rings. The van der Waals surface area contributed by atoms with Crippen LogP contribution in [-0.4, -0.2) is 21.1 Å². The number of nitrogens with one attached hydrogen (secondary N) is 1. The van der Waals surface area contributed by atoms with Crippen molar-refractivity contribution in [1.29, 1.82) is 0 Å². The minimum Gasteiger partial charge on any atom is -0.450 e. The number of amides is 1. The van der Waals surface area contributed by atoms with Gasteiger partial charge >= 0.3 is 6.09 Å². The standard InChI is InChI=1S/C11H14ClNO4S/c1-3-8-7-9(18(12,15)16)5-6-10(8)13-11(14)17-4-2/h5-7H,3-4H2,1-2H3,(H,13,14). The molecule has 0 atom stereocenters. The second-order valence-electron chi connectivity index (χ2n) is 3.46. The highest BCUT2D eigenvalue weighted by Crippen LogP contribution is 2.23. The van der Waals surface area contributed by atoms with Crippen LogP contribution in [0.15, 0.2) is 23.1 Å². The second-order valence-corrected chi connectivity index (χ2v) is 6.02. The van der Waals surface area contributed by atoms with Crippen LogP contribution in [0.1, 0.15) is 19.4 Å². The van der Waals surface area contributed by atoms with Crippen LogP contribution in [0.25, 0.3) is 0 Å². The van der Waals surface area contributed by atoms with Crippen molar-refractivity contribution in [2.24, 2.45) is 0 Å². The van der Waals surface area contributed by atoms with E-state index in [0.29, 0.717) is 17.7 Å². The van der Waals surface area contributed by atoms with Crippen molar-refractivity contribution in [1.82, 2.24) is 0 Å². The highest BCUT2D eigenvalue weighted by Gasteiger charge is 2.13. The molecule has 0 aliphatic rings. The van der Waals surface area contributed by atoms with Gasteiger partial charge in [-0.1, -0.05) is 6.92 Å². The Morgan fingerprint density at radius 1 is 1.39 bits per heavy atom. The van der Waals surface area contributed by atoms with Crippen molar-refractivity contribution in [2.75, 3.05) is 11.9 Å². The van der Waals surface area contributed by atoms with Gasteiger partial charge in [0.25, 0.3) is 9.05 Å². The van der Waals surface area contributed by atoms with Gasteiger partial charge in [0.15, 0.2) is 0 Å². The van der Waals surface area contributed by atoms with E-state index in [1.165, 1.54) is 18.2 Å². The number of halogens is 1. The maximum Gasteiger partial charge on any atom is 0.411 e. The zero-order valence-electron chi connectivity index (χ0n) is 10.1. The lowest BCUT2D eigenvalue weighted by atomic mass is 10.1. The van der Waals surface area contributed by atoms with Crippen LogP contribution in [-0.2, 0) is 20.2 Å². The van der Waals surface area contributed by atoms with E-state index in [1.54, 1.807) is 6.92 Å². The summed E-state index contributed by atoms with van der Waals surface area (Å²) < 4.78 is 27.1. The van der Waals surface area contributed by atoms with Crippen molar-refractivity contribution in [3.63, 3.8) is 0 Å². The fraction of sp³-hybridized carbons (Fsp3) is 0.364. The normalized spacial score (nSPS) is 11.1. The molecule has 18 heavy (non-hydrogen) atoms. The first-order valence-electron chi connectivity index (χ1n) is 5.39. The number of benzene rings is 1. The number of anilines is 1. The van der Waals surface area contributed by atoms with Crippen LogP contribution in [0.2, 0.25) is 0 Å². The summed E-state index contributed by atoms with van der Waals surface area (Å²) in [4.78, 5) is 11.3. The molecule has 100 valence electrons. The molecule has 0 fully saturated rings. The van der Waals surface area contributed by atoms with Crippen LogP contribution < -0.4 is 5.32 Å². The van der Waals surface area contributed by atoms with E-state index in [9.17, 15) is 13.2 Å². The van der Waals surface area contributed by atoms with Gasteiger partial charge in [-0.15, -0.1) is 0 Å². The highest BCUT2D eigenvalue weighted by atomic mass is 35.7. The van der Waals surface area contributed by atoms with Gasteiger partial charge in [0.1, 0.15) is 0 Å². The fourth-order valence-corrected chi connectivity index (χ4v) is 2.21. The van der Waals surface area contributed by atoms with E-state index in [4.69, 9.17) is 15.4 Å². The first-order chi connectivity index (χ1) is 8.38. The predicted molar refractivity (Wildman–Crippen MR) is 69.5 cm³/mol. The van der Waals surface area contributed by atoms with Gasteiger partial charge in [0.2, 0.25) is 0 Å².